The smallest absolute Gasteiger partial charge is 0.322 e. The molecule has 0 saturated carbocycles. The SMILES string of the molecule is Cn1c(CCc2ccc(C#N)cc2)nc2cc(N(Cc3cccc4ccccc34)C(=O)NCc3ccccc3)ccc21. The van der Waals surface area contributed by atoms with Crippen molar-refractivity contribution in [1.29, 1.82) is 5.26 Å². The molecule has 1 N–H and O–H groups in total. The van der Waals surface area contributed by atoms with E-state index in [0.29, 0.717) is 18.7 Å². The molecular weight excluding hydrogens is 518 g/mol. The molecule has 6 heteroatoms. The van der Waals surface area contributed by atoms with Gasteiger partial charge in [-0.15, -0.1) is 0 Å². The highest BCUT2D eigenvalue weighted by atomic mass is 16.2. The Morgan fingerprint density at radius 2 is 1.62 bits per heavy atom. The Balaban J connectivity index is 1.30. The predicted molar refractivity (Wildman–Crippen MR) is 168 cm³/mol. The Morgan fingerprint density at radius 3 is 2.43 bits per heavy atom. The fourth-order valence-corrected chi connectivity index (χ4v) is 5.38. The Hall–Kier alpha value is -5.41. The van der Waals surface area contributed by atoms with Gasteiger partial charge in [0.15, 0.2) is 0 Å². The van der Waals surface area contributed by atoms with Crippen LogP contribution in [-0.4, -0.2) is 15.6 Å². The zero-order valence-electron chi connectivity index (χ0n) is 23.5. The molecule has 0 radical (unpaired) electrons. The van der Waals surface area contributed by atoms with E-state index in [1.807, 2.05) is 98.0 Å². The second kappa shape index (κ2) is 12.0. The standard InChI is InChI=1S/C36H31N5O/c1-40-34-20-19-31(22-33(34)39-35(40)21-18-26-14-16-27(23-37)17-15-26)41(36(42)38-24-28-8-3-2-4-9-28)25-30-12-7-11-29-10-5-6-13-32(29)30/h2-17,19-20,22H,18,21,24-25H2,1H3,(H,38,42). The van der Waals surface area contributed by atoms with Gasteiger partial charge in [-0.25, -0.2) is 9.78 Å². The van der Waals surface area contributed by atoms with Crippen LogP contribution in [0.25, 0.3) is 21.8 Å². The average molecular weight is 550 g/mol. The van der Waals surface area contributed by atoms with E-state index in [1.54, 1.807) is 4.90 Å². The number of amides is 2. The van der Waals surface area contributed by atoms with Crippen LogP contribution >= 0.6 is 0 Å². The van der Waals surface area contributed by atoms with Crippen LogP contribution in [0.1, 0.15) is 28.1 Å². The second-order valence-corrected chi connectivity index (χ2v) is 10.4. The van der Waals surface area contributed by atoms with Crippen molar-refractivity contribution in [3.8, 4) is 6.07 Å². The molecule has 0 bridgehead atoms. The van der Waals surface area contributed by atoms with Crippen LogP contribution in [0.5, 0.6) is 0 Å². The van der Waals surface area contributed by atoms with E-state index >= 15 is 0 Å². The van der Waals surface area contributed by atoms with Gasteiger partial charge in [0.25, 0.3) is 0 Å². The van der Waals surface area contributed by atoms with Crippen LogP contribution in [-0.2, 0) is 33.0 Å². The number of hydrogen-bond donors (Lipinski definition) is 1. The monoisotopic (exact) mass is 549 g/mol. The number of benzene rings is 5. The number of nitrogens with one attached hydrogen (secondary N) is 1. The highest BCUT2D eigenvalue weighted by Gasteiger charge is 2.19. The number of hydrogen-bond acceptors (Lipinski definition) is 3. The normalized spacial score (nSPS) is 11.0. The summed E-state index contributed by atoms with van der Waals surface area (Å²) < 4.78 is 2.12. The van der Waals surface area contributed by atoms with Crippen LogP contribution in [0, 0.1) is 11.3 Å². The van der Waals surface area contributed by atoms with Gasteiger partial charge in [0, 0.05) is 25.7 Å². The lowest BCUT2D eigenvalue weighted by Crippen LogP contribution is -2.39. The lowest BCUT2D eigenvalue weighted by Gasteiger charge is -2.24. The quantitative estimate of drug-likeness (QED) is 0.216. The van der Waals surface area contributed by atoms with Crippen molar-refractivity contribution < 1.29 is 4.79 Å². The van der Waals surface area contributed by atoms with E-state index in [0.717, 1.165) is 62.8 Å². The number of nitriles is 1. The number of nitrogens with zero attached hydrogens (tertiary/aromatic N) is 4. The highest BCUT2D eigenvalue weighted by molar-refractivity contribution is 5.95. The van der Waals surface area contributed by atoms with Gasteiger partial charge in [0.05, 0.1) is 29.2 Å². The molecule has 5 aromatic carbocycles. The number of carbonyl (C=O) groups is 1. The Bertz CT molecular complexity index is 1900. The molecule has 6 rings (SSSR count). The van der Waals surface area contributed by atoms with E-state index in [4.69, 9.17) is 10.2 Å². The summed E-state index contributed by atoms with van der Waals surface area (Å²) in [7, 11) is 2.03. The molecule has 0 fully saturated rings. The van der Waals surface area contributed by atoms with E-state index < -0.39 is 0 Å². The summed E-state index contributed by atoms with van der Waals surface area (Å²) in [5.41, 5.74) is 6.60. The molecule has 0 aliphatic carbocycles. The summed E-state index contributed by atoms with van der Waals surface area (Å²) in [6.45, 7) is 0.864. The first-order chi connectivity index (χ1) is 20.6. The van der Waals surface area contributed by atoms with Gasteiger partial charge in [0.1, 0.15) is 5.82 Å². The number of urea groups is 1. The topological polar surface area (TPSA) is 74.0 Å². The summed E-state index contributed by atoms with van der Waals surface area (Å²) in [6, 6.07) is 40.2. The summed E-state index contributed by atoms with van der Waals surface area (Å²) >= 11 is 0. The van der Waals surface area contributed by atoms with Crippen LogP contribution < -0.4 is 10.2 Å². The third-order valence-corrected chi connectivity index (χ3v) is 7.73. The number of anilines is 1. The summed E-state index contributed by atoms with van der Waals surface area (Å²) in [6.07, 6.45) is 1.59. The van der Waals surface area contributed by atoms with Crippen molar-refractivity contribution in [2.24, 2.45) is 7.05 Å². The number of carbonyl (C=O) groups excluding carboxylic acids is 1. The fraction of sp³-hybridized carbons (Fsp3) is 0.139. The first kappa shape index (κ1) is 26.8. The molecule has 0 atom stereocenters. The minimum absolute atomic E-state index is 0.164. The summed E-state index contributed by atoms with van der Waals surface area (Å²) in [5, 5.41) is 14.5. The van der Waals surface area contributed by atoms with Crippen molar-refractivity contribution in [1.82, 2.24) is 14.9 Å². The molecule has 1 heterocycles. The minimum atomic E-state index is -0.164. The van der Waals surface area contributed by atoms with E-state index in [9.17, 15) is 4.79 Å². The van der Waals surface area contributed by atoms with Gasteiger partial charge in [-0.3, -0.25) is 4.90 Å². The molecule has 6 nitrogen and oxygen atoms in total. The molecule has 42 heavy (non-hydrogen) atoms. The Labute approximate surface area is 245 Å². The molecule has 0 aliphatic heterocycles. The minimum Gasteiger partial charge on any atom is -0.334 e. The van der Waals surface area contributed by atoms with Crippen LogP contribution in [0.3, 0.4) is 0 Å². The largest absolute Gasteiger partial charge is 0.334 e. The van der Waals surface area contributed by atoms with Gasteiger partial charge in [-0.2, -0.15) is 5.26 Å². The molecule has 0 spiro atoms. The molecule has 0 saturated heterocycles. The second-order valence-electron chi connectivity index (χ2n) is 10.4. The molecule has 206 valence electrons. The van der Waals surface area contributed by atoms with Crippen molar-refractivity contribution in [2.45, 2.75) is 25.9 Å². The lowest BCUT2D eigenvalue weighted by molar-refractivity contribution is 0.245. The van der Waals surface area contributed by atoms with Gasteiger partial charge in [-0.1, -0.05) is 84.9 Å². The average Bonchev–Trinajstić information content (AvgIpc) is 3.36. The van der Waals surface area contributed by atoms with Crippen LogP contribution in [0.4, 0.5) is 10.5 Å². The first-order valence-electron chi connectivity index (χ1n) is 14.1. The molecule has 2 amide bonds. The number of imidazole rings is 1. The van der Waals surface area contributed by atoms with E-state index in [2.05, 4.69) is 40.2 Å². The van der Waals surface area contributed by atoms with Gasteiger partial charge < -0.3 is 9.88 Å². The van der Waals surface area contributed by atoms with Crippen molar-refractivity contribution in [3.05, 3.63) is 143 Å². The van der Waals surface area contributed by atoms with Crippen molar-refractivity contribution in [2.75, 3.05) is 4.90 Å². The molecule has 0 aliphatic rings. The molecule has 0 unspecified atom stereocenters. The molecule has 1 aromatic heterocycles. The van der Waals surface area contributed by atoms with Gasteiger partial charge in [0.2, 0.25) is 0 Å². The number of rotatable bonds is 8. The third-order valence-electron chi connectivity index (χ3n) is 7.73. The number of fused-ring (bicyclic) bond motifs is 2. The van der Waals surface area contributed by atoms with Crippen LogP contribution in [0.2, 0.25) is 0 Å². The van der Waals surface area contributed by atoms with Gasteiger partial charge >= 0.3 is 6.03 Å². The van der Waals surface area contributed by atoms with Crippen molar-refractivity contribution in [3.63, 3.8) is 0 Å². The first-order valence-corrected chi connectivity index (χ1v) is 14.1. The maximum atomic E-state index is 13.7. The number of aromatic nitrogens is 2. The number of aryl methyl sites for hydroxylation is 3. The summed E-state index contributed by atoms with van der Waals surface area (Å²) in [5.74, 6) is 0.973. The van der Waals surface area contributed by atoms with Crippen molar-refractivity contribution >= 4 is 33.5 Å². The van der Waals surface area contributed by atoms with Crippen LogP contribution in [0.15, 0.2) is 115 Å². The molecular formula is C36H31N5O. The molecule has 6 aromatic rings. The zero-order chi connectivity index (χ0) is 28.9. The van der Waals surface area contributed by atoms with Gasteiger partial charge in [-0.05, 0) is 64.2 Å². The fourth-order valence-electron chi connectivity index (χ4n) is 5.38. The maximum absolute atomic E-state index is 13.7. The maximum Gasteiger partial charge on any atom is 0.322 e. The predicted octanol–water partition coefficient (Wildman–Crippen LogP) is 7.30. The summed E-state index contributed by atoms with van der Waals surface area (Å²) in [4.78, 5) is 20.5. The Kier molecular flexibility index (Phi) is 7.65. The van der Waals surface area contributed by atoms with E-state index in [1.165, 1.54) is 0 Å². The van der Waals surface area contributed by atoms with E-state index in [-0.39, 0.29) is 6.03 Å². The Morgan fingerprint density at radius 1 is 0.857 bits per heavy atom. The zero-order valence-corrected chi connectivity index (χ0v) is 23.5. The third kappa shape index (κ3) is 5.72. The highest BCUT2D eigenvalue weighted by Crippen LogP contribution is 2.27. The lowest BCUT2D eigenvalue weighted by atomic mass is 10.0.